The second kappa shape index (κ2) is 4.58. The van der Waals surface area contributed by atoms with Crippen LogP contribution in [0.15, 0.2) is 12.1 Å². The van der Waals surface area contributed by atoms with Crippen molar-refractivity contribution in [2.45, 2.75) is 6.18 Å². The molecule has 1 heterocycles. The van der Waals surface area contributed by atoms with Gasteiger partial charge >= 0.3 is 6.18 Å². The monoisotopic (exact) mass is 248 g/mol. The van der Waals surface area contributed by atoms with Crippen LogP contribution < -0.4 is 11.2 Å². The van der Waals surface area contributed by atoms with Crippen molar-refractivity contribution in [1.29, 1.82) is 0 Å². The molecule has 0 radical (unpaired) electrons. The number of hydrogen-bond donors (Lipinski definition) is 2. The van der Waals surface area contributed by atoms with E-state index in [4.69, 9.17) is 5.73 Å². The van der Waals surface area contributed by atoms with Crippen LogP contribution in [0.4, 0.5) is 19.0 Å². The summed E-state index contributed by atoms with van der Waals surface area (Å²) in [6.07, 6.45) is -4.57. The lowest BCUT2D eigenvalue weighted by molar-refractivity contribution is -0.141. The van der Waals surface area contributed by atoms with Crippen LogP contribution in [0.25, 0.3) is 0 Å². The number of nitrogens with two attached hydrogens (primary N) is 1. The molecule has 0 saturated carbocycles. The third-order valence-electron chi connectivity index (χ3n) is 1.78. The fourth-order valence-corrected chi connectivity index (χ4v) is 1.11. The molecule has 1 amide bonds. The number of primary amides is 1. The lowest BCUT2D eigenvalue weighted by Gasteiger charge is -2.16. The van der Waals surface area contributed by atoms with E-state index in [1.165, 1.54) is 5.01 Å². The van der Waals surface area contributed by atoms with Crippen LogP contribution >= 0.6 is 0 Å². The number of carbonyl (C=O) groups excluding carboxylic acids is 1. The number of pyridine rings is 1. The van der Waals surface area contributed by atoms with Crippen molar-refractivity contribution in [3.05, 3.63) is 23.4 Å². The maximum atomic E-state index is 12.4. The highest BCUT2D eigenvalue weighted by molar-refractivity contribution is 5.97. The Morgan fingerprint density at radius 2 is 2.00 bits per heavy atom. The Labute approximate surface area is 95.4 Å². The van der Waals surface area contributed by atoms with Crippen molar-refractivity contribution in [3.8, 4) is 0 Å². The second-order valence-electron chi connectivity index (χ2n) is 3.46. The van der Waals surface area contributed by atoms with E-state index in [9.17, 15) is 18.0 Å². The zero-order chi connectivity index (χ0) is 13.2. The lowest BCUT2D eigenvalue weighted by Crippen LogP contribution is -2.25. The standard InChI is InChI=1S/C9H11F3N4O/c1-16(2)15-8-5(7(13)17)3-4-6(14-8)9(10,11)12/h3-4H,1-2H3,(H2,13,17)(H,14,15). The summed E-state index contributed by atoms with van der Waals surface area (Å²) in [5.74, 6) is -1.08. The first-order valence-corrected chi connectivity index (χ1v) is 4.54. The minimum Gasteiger partial charge on any atom is -0.365 e. The quantitative estimate of drug-likeness (QED) is 0.785. The fraction of sp³-hybridized carbons (Fsp3) is 0.333. The Morgan fingerprint density at radius 3 is 2.41 bits per heavy atom. The molecule has 0 saturated heterocycles. The lowest BCUT2D eigenvalue weighted by atomic mass is 10.2. The predicted octanol–water partition coefficient (Wildman–Crippen LogP) is 1.09. The molecule has 1 aromatic heterocycles. The SMILES string of the molecule is CN(C)Nc1nc(C(F)(F)F)ccc1C(N)=O. The second-order valence-corrected chi connectivity index (χ2v) is 3.46. The predicted molar refractivity (Wildman–Crippen MR) is 55.1 cm³/mol. The largest absolute Gasteiger partial charge is 0.433 e. The van der Waals surface area contributed by atoms with Crippen LogP contribution in [0.5, 0.6) is 0 Å². The molecule has 3 N–H and O–H groups in total. The number of aromatic nitrogens is 1. The molecular formula is C9H11F3N4O. The fourth-order valence-electron chi connectivity index (χ4n) is 1.11. The molecule has 0 unspecified atom stereocenters. The molecule has 0 aliphatic rings. The maximum absolute atomic E-state index is 12.4. The number of hydrazine groups is 1. The van der Waals surface area contributed by atoms with Gasteiger partial charge in [0.1, 0.15) is 5.69 Å². The summed E-state index contributed by atoms with van der Waals surface area (Å²) in [7, 11) is 3.10. The van der Waals surface area contributed by atoms with Gasteiger partial charge < -0.3 is 11.2 Å². The molecule has 17 heavy (non-hydrogen) atoms. The van der Waals surface area contributed by atoms with Crippen molar-refractivity contribution in [2.24, 2.45) is 5.73 Å². The van der Waals surface area contributed by atoms with Crippen LogP contribution in [0.3, 0.4) is 0 Å². The number of rotatable bonds is 3. The van der Waals surface area contributed by atoms with Gasteiger partial charge in [0.15, 0.2) is 5.82 Å². The Bertz CT molecular complexity index is 431. The minimum atomic E-state index is -4.57. The number of amides is 1. The highest BCUT2D eigenvalue weighted by Crippen LogP contribution is 2.29. The van der Waals surface area contributed by atoms with Crippen LogP contribution in [0.2, 0.25) is 0 Å². The van der Waals surface area contributed by atoms with Crippen molar-refractivity contribution >= 4 is 11.7 Å². The Balaban J connectivity index is 3.24. The van der Waals surface area contributed by atoms with E-state index in [1.54, 1.807) is 14.1 Å². The molecule has 0 aliphatic carbocycles. The molecule has 0 aromatic carbocycles. The number of anilines is 1. The average Bonchev–Trinajstić information content (AvgIpc) is 2.14. The molecule has 0 bridgehead atoms. The molecule has 0 atom stereocenters. The van der Waals surface area contributed by atoms with Gasteiger partial charge in [0.25, 0.3) is 5.91 Å². The van der Waals surface area contributed by atoms with E-state index in [0.29, 0.717) is 6.07 Å². The van der Waals surface area contributed by atoms with E-state index in [0.717, 1.165) is 6.07 Å². The molecule has 5 nitrogen and oxygen atoms in total. The summed E-state index contributed by atoms with van der Waals surface area (Å²) in [4.78, 5) is 14.3. The van der Waals surface area contributed by atoms with E-state index in [2.05, 4.69) is 10.4 Å². The van der Waals surface area contributed by atoms with E-state index in [1.807, 2.05) is 0 Å². The molecule has 1 aromatic rings. The maximum Gasteiger partial charge on any atom is 0.433 e. The molecule has 1 rings (SSSR count). The van der Waals surface area contributed by atoms with Gasteiger partial charge in [0, 0.05) is 14.1 Å². The number of alkyl halides is 3. The van der Waals surface area contributed by atoms with E-state index >= 15 is 0 Å². The summed E-state index contributed by atoms with van der Waals surface area (Å²) >= 11 is 0. The number of nitrogens with zero attached hydrogens (tertiary/aromatic N) is 2. The van der Waals surface area contributed by atoms with E-state index in [-0.39, 0.29) is 11.4 Å². The van der Waals surface area contributed by atoms with Gasteiger partial charge in [-0.1, -0.05) is 0 Å². The van der Waals surface area contributed by atoms with Crippen molar-refractivity contribution < 1.29 is 18.0 Å². The van der Waals surface area contributed by atoms with Gasteiger partial charge in [-0.3, -0.25) is 4.79 Å². The van der Waals surface area contributed by atoms with Crippen LogP contribution in [-0.4, -0.2) is 30.0 Å². The van der Waals surface area contributed by atoms with Gasteiger partial charge in [-0.15, -0.1) is 0 Å². The third-order valence-corrected chi connectivity index (χ3v) is 1.78. The Kier molecular flexibility index (Phi) is 3.56. The van der Waals surface area contributed by atoms with Crippen molar-refractivity contribution in [2.75, 3.05) is 19.5 Å². The molecule has 0 spiro atoms. The summed E-state index contributed by atoms with van der Waals surface area (Å²) in [6.45, 7) is 0. The normalized spacial score (nSPS) is 11.6. The highest BCUT2D eigenvalue weighted by Gasteiger charge is 2.33. The summed E-state index contributed by atoms with van der Waals surface area (Å²) in [5.41, 5.74) is 6.32. The number of hydrogen-bond acceptors (Lipinski definition) is 4. The van der Waals surface area contributed by atoms with Gasteiger partial charge in [-0.2, -0.15) is 13.2 Å². The average molecular weight is 248 g/mol. The molecule has 94 valence electrons. The Hall–Kier alpha value is -1.83. The van der Waals surface area contributed by atoms with Gasteiger partial charge in [-0.25, -0.2) is 9.99 Å². The van der Waals surface area contributed by atoms with Crippen LogP contribution in [-0.2, 0) is 6.18 Å². The molecule has 8 heteroatoms. The van der Waals surface area contributed by atoms with Crippen molar-refractivity contribution in [1.82, 2.24) is 9.99 Å². The minimum absolute atomic E-state index is 0.105. The smallest absolute Gasteiger partial charge is 0.365 e. The van der Waals surface area contributed by atoms with Crippen molar-refractivity contribution in [3.63, 3.8) is 0 Å². The molecule has 0 aliphatic heterocycles. The highest BCUT2D eigenvalue weighted by atomic mass is 19.4. The first kappa shape index (κ1) is 13.2. The molecular weight excluding hydrogens is 237 g/mol. The van der Waals surface area contributed by atoms with E-state index < -0.39 is 17.8 Å². The Morgan fingerprint density at radius 1 is 1.41 bits per heavy atom. The third kappa shape index (κ3) is 3.31. The zero-order valence-corrected chi connectivity index (χ0v) is 9.17. The molecule has 0 fully saturated rings. The van der Waals surface area contributed by atoms with Gasteiger partial charge in [-0.05, 0) is 12.1 Å². The number of nitrogens with one attached hydrogen (secondary N) is 1. The topological polar surface area (TPSA) is 71.2 Å². The first-order chi connectivity index (χ1) is 7.71. The zero-order valence-electron chi connectivity index (χ0n) is 9.17. The van der Waals surface area contributed by atoms with Gasteiger partial charge in [0.2, 0.25) is 0 Å². The number of halogens is 3. The summed E-state index contributed by atoms with van der Waals surface area (Å²) in [6, 6.07) is 1.70. The van der Waals surface area contributed by atoms with Gasteiger partial charge in [0.05, 0.1) is 5.56 Å². The van der Waals surface area contributed by atoms with Crippen LogP contribution in [0, 0.1) is 0 Å². The number of carbonyl (C=O) groups is 1. The summed E-state index contributed by atoms with van der Waals surface area (Å²) in [5, 5.41) is 1.36. The van der Waals surface area contributed by atoms with Crippen LogP contribution in [0.1, 0.15) is 16.1 Å². The summed E-state index contributed by atoms with van der Waals surface area (Å²) < 4.78 is 37.3. The first-order valence-electron chi connectivity index (χ1n) is 4.54.